The van der Waals surface area contributed by atoms with Crippen molar-refractivity contribution in [2.24, 2.45) is 0 Å². The third-order valence-corrected chi connectivity index (χ3v) is 4.67. The third kappa shape index (κ3) is 3.67. The largest absolute Gasteiger partial charge is 0.337 e. The summed E-state index contributed by atoms with van der Waals surface area (Å²) in [5.74, 6) is 1.06. The van der Waals surface area contributed by atoms with E-state index in [9.17, 15) is 4.79 Å². The number of thioether (sulfide) groups is 1. The predicted octanol–water partition coefficient (Wildman–Crippen LogP) is 3.61. The van der Waals surface area contributed by atoms with Crippen LogP contribution < -0.4 is 0 Å². The average Bonchev–Trinajstić information content (AvgIpc) is 2.36. The smallest absolute Gasteiger partial charge is 0.254 e. The maximum absolute atomic E-state index is 12.6. The Bertz CT molecular complexity index is 513. The van der Waals surface area contributed by atoms with E-state index in [1.54, 1.807) is 6.07 Å². The van der Waals surface area contributed by atoms with Crippen LogP contribution in [-0.4, -0.2) is 39.9 Å². The van der Waals surface area contributed by atoms with Gasteiger partial charge in [-0.05, 0) is 12.1 Å². The summed E-state index contributed by atoms with van der Waals surface area (Å²) < 4.78 is 0. The molecule has 0 saturated carbocycles. The van der Waals surface area contributed by atoms with Crippen LogP contribution in [0.25, 0.3) is 0 Å². The summed E-state index contributed by atoms with van der Waals surface area (Å²) in [4.78, 5) is 18.9. The number of carbonyl (C=O) groups excluding carboxylic acids is 1. The van der Waals surface area contributed by atoms with Gasteiger partial charge in [0, 0.05) is 40.8 Å². The van der Waals surface area contributed by atoms with Gasteiger partial charge in [0.2, 0.25) is 0 Å². The molecule has 110 valence electrons. The first-order valence-electron chi connectivity index (χ1n) is 6.86. The molecule has 2 rings (SSSR count). The van der Waals surface area contributed by atoms with Crippen molar-refractivity contribution in [3.05, 3.63) is 28.5 Å². The highest BCUT2D eigenvalue weighted by Crippen LogP contribution is 2.25. The topological polar surface area (TPSA) is 33.2 Å². The Labute approximate surface area is 130 Å². The third-order valence-electron chi connectivity index (χ3n) is 3.34. The number of hydrogen-bond donors (Lipinski definition) is 0. The van der Waals surface area contributed by atoms with Crippen molar-refractivity contribution in [1.29, 1.82) is 0 Å². The summed E-state index contributed by atoms with van der Waals surface area (Å²) >= 11 is 7.99. The molecule has 0 bridgehead atoms. The molecule has 1 aromatic rings. The van der Waals surface area contributed by atoms with Crippen molar-refractivity contribution in [3.63, 3.8) is 0 Å². The highest BCUT2D eigenvalue weighted by molar-refractivity contribution is 7.99. The van der Waals surface area contributed by atoms with Crippen molar-refractivity contribution in [3.8, 4) is 0 Å². The van der Waals surface area contributed by atoms with E-state index < -0.39 is 0 Å². The molecule has 0 N–H and O–H groups in total. The van der Waals surface area contributed by atoms with Crippen LogP contribution in [0.5, 0.6) is 0 Å². The van der Waals surface area contributed by atoms with Gasteiger partial charge in [-0.25, -0.2) is 4.98 Å². The molecule has 1 atom stereocenters. The zero-order valence-corrected chi connectivity index (χ0v) is 14.0. The van der Waals surface area contributed by atoms with E-state index in [4.69, 9.17) is 11.6 Å². The van der Waals surface area contributed by atoms with E-state index in [-0.39, 0.29) is 11.3 Å². The molecule has 1 unspecified atom stereocenters. The van der Waals surface area contributed by atoms with Gasteiger partial charge >= 0.3 is 0 Å². The van der Waals surface area contributed by atoms with E-state index in [0.29, 0.717) is 16.0 Å². The molecule has 3 nitrogen and oxygen atoms in total. The minimum atomic E-state index is -0.120. The molecule has 5 heteroatoms. The normalized spacial score (nSPS) is 20.1. The molecule has 0 spiro atoms. The van der Waals surface area contributed by atoms with Crippen LogP contribution in [0, 0.1) is 0 Å². The van der Waals surface area contributed by atoms with E-state index in [1.807, 2.05) is 22.7 Å². The molecule has 0 radical (unpaired) electrons. The Hall–Kier alpha value is -0.740. The highest BCUT2D eigenvalue weighted by atomic mass is 35.5. The van der Waals surface area contributed by atoms with Crippen LogP contribution in [0.4, 0.5) is 0 Å². The van der Waals surface area contributed by atoms with Gasteiger partial charge in [-0.1, -0.05) is 39.3 Å². The van der Waals surface area contributed by atoms with Crippen LogP contribution in [0.15, 0.2) is 12.1 Å². The summed E-state index contributed by atoms with van der Waals surface area (Å²) in [6, 6.07) is 3.55. The molecule has 2 heterocycles. The second-order valence-electron chi connectivity index (χ2n) is 6.25. The molecule has 0 aromatic carbocycles. The van der Waals surface area contributed by atoms with Crippen LogP contribution >= 0.6 is 23.4 Å². The lowest BCUT2D eigenvalue weighted by Crippen LogP contribution is -2.41. The number of rotatable bonds is 1. The Balaban J connectivity index is 2.28. The summed E-state index contributed by atoms with van der Waals surface area (Å²) in [5, 5.41) is 0.882. The van der Waals surface area contributed by atoms with E-state index in [0.717, 1.165) is 24.5 Å². The molecular formula is C15H21ClN2OS. The van der Waals surface area contributed by atoms with Gasteiger partial charge in [0.05, 0.1) is 0 Å². The predicted molar refractivity (Wildman–Crippen MR) is 85.8 cm³/mol. The van der Waals surface area contributed by atoms with Gasteiger partial charge in [0.1, 0.15) is 5.15 Å². The fourth-order valence-corrected chi connectivity index (χ4v) is 3.41. The summed E-state index contributed by atoms with van der Waals surface area (Å²) in [5.41, 5.74) is 1.38. The Morgan fingerprint density at radius 3 is 2.75 bits per heavy atom. The fourth-order valence-electron chi connectivity index (χ4n) is 2.19. The maximum Gasteiger partial charge on any atom is 0.254 e. The van der Waals surface area contributed by atoms with E-state index >= 15 is 0 Å². The number of amides is 1. The number of aromatic nitrogens is 1. The molecular weight excluding hydrogens is 292 g/mol. The SMILES string of the molecule is CC1CN(C(=O)c2cc(Cl)nc(C(C)(C)C)c2)CCS1. The van der Waals surface area contributed by atoms with Crippen molar-refractivity contribution in [2.45, 2.75) is 38.4 Å². The van der Waals surface area contributed by atoms with Crippen molar-refractivity contribution in [1.82, 2.24) is 9.88 Å². The van der Waals surface area contributed by atoms with E-state index in [2.05, 4.69) is 32.7 Å². The van der Waals surface area contributed by atoms with Crippen LogP contribution in [0.3, 0.4) is 0 Å². The van der Waals surface area contributed by atoms with Gasteiger partial charge in [0.25, 0.3) is 5.91 Å². The van der Waals surface area contributed by atoms with Crippen LogP contribution in [-0.2, 0) is 5.41 Å². The minimum absolute atomic E-state index is 0.0620. The molecule has 1 aromatic heterocycles. The lowest BCUT2D eigenvalue weighted by molar-refractivity contribution is 0.0763. The minimum Gasteiger partial charge on any atom is -0.337 e. The maximum atomic E-state index is 12.6. The molecule has 0 aliphatic carbocycles. The number of pyridine rings is 1. The van der Waals surface area contributed by atoms with Gasteiger partial charge in [-0.2, -0.15) is 11.8 Å². The van der Waals surface area contributed by atoms with Crippen LogP contribution in [0.1, 0.15) is 43.7 Å². The molecule has 1 fully saturated rings. The van der Waals surface area contributed by atoms with Gasteiger partial charge < -0.3 is 4.90 Å². The van der Waals surface area contributed by atoms with E-state index in [1.165, 1.54) is 0 Å². The molecule has 1 aliphatic rings. The summed E-state index contributed by atoms with van der Waals surface area (Å²) in [6.45, 7) is 9.97. The number of hydrogen-bond acceptors (Lipinski definition) is 3. The Morgan fingerprint density at radius 1 is 1.45 bits per heavy atom. The summed E-state index contributed by atoms with van der Waals surface area (Å²) in [6.07, 6.45) is 0. The second kappa shape index (κ2) is 5.94. The first-order chi connectivity index (χ1) is 9.27. The van der Waals surface area contributed by atoms with Crippen LogP contribution in [0.2, 0.25) is 5.15 Å². The molecule has 1 aliphatic heterocycles. The highest BCUT2D eigenvalue weighted by Gasteiger charge is 2.25. The second-order valence-corrected chi connectivity index (χ2v) is 8.18. The lowest BCUT2D eigenvalue weighted by atomic mass is 9.90. The Morgan fingerprint density at radius 2 is 2.15 bits per heavy atom. The van der Waals surface area contributed by atoms with Gasteiger partial charge in [-0.3, -0.25) is 4.79 Å². The standard InChI is InChI=1S/C15H21ClN2OS/c1-10-9-18(5-6-20-10)14(19)11-7-12(15(2,3)4)17-13(16)8-11/h7-8,10H,5-6,9H2,1-4H3. The summed E-state index contributed by atoms with van der Waals surface area (Å²) in [7, 11) is 0. The molecule has 1 saturated heterocycles. The van der Waals surface area contributed by atoms with Gasteiger partial charge in [0.15, 0.2) is 0 Å². The Kier molecular flexibility index (Phi) is 4.65. The number of nitrogens with zero attached hydrogens (tertiary/aromatic N) is 2. The zero-order chi connectivity index (χ0) is 14.9. The van der Waals surface area contributed by atoms with Crippen molar-refractivity contribution < 1.29 is 4.79 Å². The molecule has 20 heavy (non-hydrogen) atoms. The van der Waals surface area contributed by atoms with Gasteiger partial charge in [-0.15, -0.1) is 0 Å². The van der Waals surface area contributed by atoms with Crippen molar-refractivity contribution >= 4 is 29.3 Å². The fraction of sp³-hybridized carbons (Fsp3) is 0.600. The monoisotopic (exact) mass is 312 g/mol. The number of carbonyl (C=O) groups is 1. The first-order valence-corrected chi connectivity index (χ1v) is 8.29. The quantitative estimate of drug-likeness (QED) is 0.743. The van der Waals surface area contributed by atoms with Crippen molar-refractivity contribution in [2.75, 3.05) is 18.8 Å². The zero-order valence-electron chi connectivity index (χ0n) is 12.4. The lowest BCUT2D eigenvalue weighted by Gasteiger charge is -2.31. The molecule has 1 amide bonds. The number of halogens is 1. The first kappa shape index (κ1) is 15.6. The average molecular weight is 313 g/mol.